The van der Waals surface area contributed by atoms with Crippen LogP contribution in [0.4, 0.5) is 0 Å². The van der Waals surface area contributed by atoms with Crippen LogP contribution >= 0.6 is 11.6 Å². The van der Waals surface area contributed by atoms with Crippen molar-refractivity contribution in [2.24, 2.45) is 0 Å². The summed E-state index contributed by atoms with van der Waals surface area (Å²) >= 11 is 6.08. The molecule has 0 saturated carbocycles. The maximum atomic E-state index is 9.01. The van der Waals surface area contributed by atoms with Crippen LogP contribution in [0, 0.1) is 0 Å². The van der Waals surface area contributed by atoms with Crippen molar-refractivity contribution in [1.82, 2.24) is 0 Å². The molecule has 0 heterocycles. The van der Waals surface area contributed by atoms with Crippen LogP contribution in [0.1, 0.15) is 24.0 Å². The van der Waals surface area contributed by atoms with Crippen LogP contribution in [0.5, 0.6) is 5.75 Å². The molecule has 106 valence electrons. The van der Waals surface area contributed by atoms with Crippen LogP contribution in [0.25, 0.3) is 0 Å². The fraction of sp³-hybridized carbons (Fsp3) is 0.294. The number of halogens is 1. The minimum absolute atomic E-state index is 0.00290. The molecule has 0 aliphatic heterocycles. The Kier molecular flexibility index (Phi) is 5.90. The molecule has 0 atom stereocenters. The van der Waals surface area contributed by atoms with E-state index in [4.69, 9.17) is 21.4 Å². The molecular weight excluding hydrogens is 272 g/mol. The molecule has 20 heavy (non-hydrogen) atoms. The smallest absolute Gasteiger partial charge is 0.137 e. The van der Waals surface area contributed by atoms with Crippen molar-refractivity contribution in [2.45, 2.75) is 25.9 Å². The van der Waals surface area contributed by atoms with Crippen LogP contribution < -0.4 is 4.74 Å². The van der Waals surface area contributed by atoms with E-state index >= 15 is 0 Å². The first-order valence-corrected chi connectivity index (χ1v) is 7.23. The highest BCUT2D eigenvalue weighted by Crippen LogP contribution is 2.25. The van der Waals surface area contributed by atoms with E-state index in [1.165, 1.54) is 5.56 Å². The van der Waals surface area contributed by atoms with Gasteiger partial charge in [0.15, 0.2) is 0 Å². The van der Waals surface area contributed by atoms with Crippen LogP contribution in [0.15, 0.2) is 48.5 Å². The van der Waals surface area contributed by atoms with Crippen molar-refractivity contribution in [3.05, 3.63) is 64.7 Å². The van der Waals surface area contributed by atoms with Gasteiger partial charge in [-0.15, -0.1) is 0 Å². The van der Waals surface area contributed by atoms with Gasteiger partial charge in [0.25, 0.3) is 0 Å². The Morgan fingerprint density at radius 1 is 0.950 bits per heavy atom. The number of aliphatic hydroxyl groups excluding tert-OH is 1. The van der Waals surface area contributed by atoms with Gasteiger partial charge < -0.3 is 9.84 Å². The second-order valence-electron chi connectivity index (χ2n) is 4.71. The van der Waals surface area contributed by atoms with Gasteiger partial charge in [0.05, 0.1) is 18.2 Å². The minimum atomic E-state index is -0.00290. The largest absolute Gasteiger partial charge is 0.492 e. The number of rotatable bonds is 7. The summed E-state index contributed by atoms with van der Waals surface area (Å²) in [6, 6.07) is 15.8. The van der Waals surface area contributed by atoms with Crippen molar-refractivity contribution < 1.29 is 9.84 Å². The van der Waals surface area contributed by atoms with Gasteiger partial charge in [-0.1, -0.05) is 48.0 Å². The van der Waals surface area contributed by atoms with Crippen LogP contribution in [-0.2, 0) is 13.0 Å². The van der Waals surface area contributed by atoms with E-state index in [1.54, 1.807) is 6.07 Å². The second kappa shape index (κ2) is 7.93. The van der Waals surface area contributed by atoms with Gasteiger partial charge >= 0.3 is 0 Å². The lowest BCUT2D eigenvalue weighted by molar-refractivity contribution is 0.281. The van der Waals surface area contributed by atoms with Crippen molar-refractivity contribution in [3.8, 4) is 5.75 Å². The Labute approximate surface area is 125 Å². The molecule has 3 heteroatoms. The van der Waals surface area contributed by atoms with Gasteiger partial charge in [0.1, 0.15) is 5.75 Å². The van der Waals surface area contributed by atoms with E-state index in [-0.39, 0.29) is 6.61 Å². The molecule has 0 fully saturated rings. The van der Waals surface area contributed by atoms with Gasteiger partial charge in [-0.05, 0) is 42.5 Å². The third-order valence-electron chi connectivity index (χ3n) is 3.14. The first-order chi connectivity index (χ1) is 9.79. The number of aliphatic hydroxyl groups is 1. The second-order valence-corrected chi connectivity index (χ2v) is 5.12. The van der Waals surface area contributed by atoms with Gasteiger partial charge in [-0.25, -0.2) is 0 Å². The number of hydrogen-bond donors (Lipinski definition) is 1. The molecule has 0 radical (unpaired) electrons. The Hall–Kier alpha value is -1.51. The predicted octanol–water partition coefficient (Wildman–Crippen LogP) is 4.23. The van der Waals surface area contributed by atoms with Gasteiger partial charge in [-0.3, -0.25) is 0 Å². The summed E-state index contributed by atoms with van der Waals surface area (Å²) < 4.78 is 5.66. The van der Waals surface area contributed by atoms with Crippen LogP contribution in [0.2, 0.25) is 5.02 Å². The molecule has 2 rings (SSSR count). The Balaban J connectivity index is 1.71. The molecule has 2 nitrogen and oxygen atoms in total. The molecule has 2 aromatic rings. The van der Waals surface area contributed by atoms with E-state index < -0.39 is 0 Å². The lowest BCUT2D eigenvalue weighted by atomic mass is 10.1. The average molecular weight is 291 g/mol. The molecule has 0 unspecified atom stereocenters. The highest BCUT2D eigenvalue weighted by molar-refractivity contribution is 6.32. The minimum Gasteiger partial charge on any atom is -0.492 e. The number of benzene rings is 2. The zero-order valence-electron chi connectivity index (χ0n) is 11.4. The highest BCUT2D eigenvalue weighted by atomic mass is 35.5. The highest BCUT2D eigenvalue weighted by Gasteiger charge is 2.02. The van der Waals surface area contributed by atoms with Crippen molar-refractivity contribution in [2.75, 3.05) is 6.61 Å². The standard InChI is InChI=1S/C17H19ClO2/c18-16-12-15(13-19)9-10-17(16)20-11-5-4-8-14-6-2-1-3-7-14/h1-3,6-7,9-10,12,19H,4-5,8,11,13H2. The Morgan fingerprint density at radius 2 is 1.75 bits per heavy atom. The first-order valence-electron chi connectivity index (χ1n) is 6.85. The van der Waals surface area contributed by atoms with Gasteiger partial charge in [0.2, 0.25) is 0 Å². The molecule has 0 saturated heterocycles. The fourth-order valence-corrected chi connectivity index (χ4v) is 2.28. The third-order valence-corrected chi connectivity index (χ3v) is 3.43. The summed E-state index contributed by atoms with van der Waals surface area (Å²) in [5, 5.41) is 9.56. The molecule has 0 aliphatic rings. The predicted molar refractivity (Wildman–Crippen MR) is 82.2 cm³/mol. The summed E-state index contributed by atoms with van der Waals surface area (Å²) in [7, 11) is 0. The number of aryl methyl sites for hydroxylation is 1. The average Bonchev–Trinajstić information content (AvgIpc) is 2.49. The summed E-state index contributed by atoms with van der Waals surface area (Å²) in [5.41, 5.74) is 2.16. The van der Waals surface area contributed by atoms with Crippen LogP contribution in [-0.4, -0.2) is 11.7 Å². The SMILES string of the molecule is OCc1ccc(OCCCCc2ccccc2)c(Cl)c1. The maximum Gasteiger partial charge on any atom is 0.137 e. The quantitative estimate of drug-likeness (QED) is 0.773. The monoisotopic (exact) mass is 290 g/mol. The van der Waals surface area contributed by atoms with E-state index in [2.05, 4.69) is 24.3 Å². The number of unbranched alkanes of at least 4 members (excludes halogenated alkanes) is 1. The van der Waals surface area contributed by atoms with Crippen molar-refractivity contribution >= 4 is 11.6 Å². The fourth-order valence-electron chi connectivity index (χ4n) is 2.02. The molecule has 0 aliphatic carbocycles. The molecule has 1 N–H and O–H groups in total. The van der Waals surface area contributed by atoms with Crippen LogP contribution in [0.3, 0.4) is 0 Å². The number of ether oxygens (including phenoxy) is 1. The summed E-state index contributed by atoms with van der Waals surface area (Å²) in [4.78, 5) is 0. The molecule has 2 aromatic carbocycles. The van der Waals surface area contributed by atoms with Crippen molar-refractivity contribution in [1.29, 1.82) is 0 Å². The summed E-state index contributed by atoms with van der Waals surface area (Å²) in [5.74, 6) is 0.684. The number of hydrogen-bond acceptors (Lipinski definition) is 2. The van der Waals surface area contributed by atoms with Gasteiger partial charge in [-0.2, -0.15) is 0 Å². The molecule has 0 amide bonds. The molecule has 0 bridgehead atoms. The van der Waals surface area contributed by atoms with E-state index in [1.807, 2.05) is 18.2 Å². The Bertz CT molecular complexity index is 526. The topological polar surface area (TPSA) is 29.5 Å². The molecule has 0 aromatic heterocycles. The normalized spacial score (nSPS) is 10.5. The van der Waals surface area contributed by atoms with Gasteiger partial charge in [0, 0.05) is 0 Å². The van der Waals surface area contributed by atoms with E-state index in [0.29, 0.717) is 17.4 Å². The third kappa shape index (κ3) is 4.55. The summed E-state index contributed by atoms with van der Waals surface area (Å²) in [6.07, 6.45) is 3.16. The summed E-state index contributed by atoms with van der Waals surface area (Å²) in [6.45, 7) is 0.655. The molecular formula is C17H19ClO2. The lowest BCUT2D eigenvalue weighted by Gasteiger charge is -2.09. The lowest BCUT2D eigenvalue weighted by Crippen LogP contribution is -1.99. The van der Waals surface area contributed by atoms with E-state index in [0.717, 1.165) is 24.8 Å². The van der Waals surface area contributed by atoms with Crippen molar-refractivity contribution in [3.63, 3.8) is 0 Å². The zero-order chi connectivity index (χ0) is 14.2. The Morgan fingerprint density at radius 3 is 2.45 bits per heavy atom. The maximum absolute atomic E-state index is 9.01. The molecule has 0 spiro atoms. The first kappa shape index (κ1) is 14.9. The van der Waals surface area contributed by atoms with E-state index in [9.17, 15) is 0 Å². The zero-order valence-corrected chi connectivity index (χ0v) is 12.1.